The Hall–Kier alpha value is -0.650. The third-order valence-electron chi connectivity index (χ3n) is 3.44. The number of hydrogen-bond donors (Lipinski definition) is 0. The molecule has 6 heteroatoms. The van der Waals surface area contributed by atoms with Gasteiger partial charge in [0.25, 0.3) is 0 Å². The summed E-state index contributed by atoms with van der Waals surface area (Å²) in [6, 6.07) is 0. The number of aryl methyl sites for hydroxylation is 1. The molecule has 5 nitrogen and oxygen atoms in total. The van der Waals surface area contributed by atoms with Gasteiger partial charge in [0.2, 0.25) is 0 Å². The zero-order valence-corrected chi connectivity index (χ0v) is 11.8. The number of nitrogens with zero attached hydrogens (tertiary/aromatic N) is 5. The van der Waals surface area contributed by atoms with E-state index >= 15 is 0 Å². The maximum absolute atomic E-state index is 5.80. The number of hydrogen-bond acceptors (Lipinski definition) is 4. The van der Waals surface area contributed by atoms with Gasteiger partial charge in [-0.25, -0.2) is 9.67 Å². The second-order valence-corrected chi connectivity index (χ2v) is 5.03. The molecule has 18 heavy (non-hydrogen) atoms. The standard InChI is InChI=1S/C12H22ClN5/c1-2-18-12(14-11-15-18)10-17-6-3-5-16(7-4-13)8-9-17/h11H,2-10H2,1H3. The predicted octanol–water partition coefficient (Wildman–Crippen LogP) is 1.04. The van der Waals surface area contributed by atoms with E-state index in [1.165, 1.54) is 6.42 Å². The molecule has 0 atom stereocenters. The second-order valence-electron chi connectivity index (χ2n) is 4.65. The van der Waals surface area contributed by atoms with Gasteiger partial charge in [-0.2, -0.15) is 5.10 Å². The molecule has 1 fully saturated rings. The minimum absolute atomic E-state index is 0.726. The van der Waals surface area contributed by atoms with Crippen LogP contribution in [0.5, 0.6) is 0 Å². The zero-order chi connectivity index (χ0) is 12.8. The Morgan fingerprint density at radius 3 is 2.78 bits per heavy atom. The summed E-state index contributed by atoms with van der Waals surface area (Å²) in [5.74, 6) is 1.80. The van der Waals surface area contributed by atoms with E-state index in [0.717, 1.165) is 57.5 Å². The fourth-order valence-electron chi connectivity index (χ4n) is 2.40. The Balaban J connectivity index is 1.87. The third kappa shape index (κ3) is 3.67. The van der Waals surface area contributed by atoms with Crippen molar-refractivity contribution in [3.8, 4) is 0 Å². The Labute approximate surface area is 114 Å². The van der Waals surface area contributed by atoms with Crippen LogP contribution in [0.4, 0.5) is 0 Å². The van der Waals surface area contributed by atoms with Crippen molar-refractivity contribution < 1.29 is 0 Å². The van der Waals surface area contributed by atoms with Crippen LogP contribution in [0, 0.1) is 0 Å². The Kier molecular flexibility index (Phi) is 5.41. The van der Waals surface area contributed by atoms with Crippen LogP contribution in [0.1, 0.15) is 19.2 Å². The van der Waals surface area contributed by atoms with Gasteiger partial charge in [0, 0.05) is 32.1 Å². The summed E-state index contributed by atoms with van der Waals surface area (Å²) < 4.78 is 1.97. The molecular formula is C12H22ClN5. The average molecular weight is 272 g/mol. The van der Waals surface area contributed by atoms with Gasteiger partial charge in [-0.15, -0.1) is 11.6 Å². The lowest BCUT2D eigenvalue weighted by Crippen LogP contribution is -2.32. The molecule has 0 N–H and O–H groups in total. The largest absolute Gasteiger partial charge is 0.301 e. The summed E-state index contributed by atoms with van der Waals surface area (Å²) >= 11 is 5.80. The van der Waals surface area contributed by atoms with Crippen LogP contribution in [-0.4, -0.2) is 63.2 Å². The van der Waals surface area contributed by atoms with Crippen molar-refractivity contribution in [2.45, 2.75) is 26.4 Å². The smallest absolute Gasteiger partial charge is 0.140 e. The summed E-state index contributed by atoms with van der Waals surface area (Å²) in [4.78, 5) is 9.25. The van der Waals surface area contributed by atoms with E-state index in [-0.39, 0.29) is 0 Å². The highest BCUT2D eigenvalue weighted by molar-refractivity contribution is 6.18. The van der Waals surface area contributed by atoms with Gasteiger partial charge in [0.05, 0.1) is 6.54 Å². The van der Waals surface area contributed by atoms with E-state index in [4.69, 9.17) is 11.6 Å². The van der Waals surface area contributed by atoms with E-state index in [9.17, 15) is 0 Å². The molecule has 2 rings (SSSR count). The third-order valence-corrected chi connectivity index (χ3v) is 3.61. The maximum Gasteiger partial charge on any atom is 0.140 e. The van der Waals surface area contributed by atoms with Crippen LogP contribution in [-0.2, 0) is 13.1 Å². The van der Waals surface area contributed by atoms with Crippen LogP contribution in [0.15, 0.2) is 6.33 Å². The minimum atomic E-state index is 0.726. The molecule has 0 saturated carbocycles. The first-order valence-corrected chi connectivity index (χ1v) is 7.24. The average Bonchev–Trinajstić information content (AvgIpc) is 2.71. The lowest BCUT2D eigenvalue weighted by Gasteiger charge is -2.20. The summed E-state index contributed by atoms with van der Waals surface area (Å²) in [7, 11) is 0. The molecule has 0 aromatic carbocycles. The molecule has 0 spiro atoms. The van der Waals surface area contributed by atoms with E-state index in [2.05, 4.69) is 26.8 Å². The molecule has 0 unspecified atom stereocenters. The summed E-state index contributed by atoms with van der Waals surface area (Å²) in [5, 5.41) is 4.22. The monoisotopic (exact) mass is 271 g/mol. The molecule has 1 aromatic rings. The van der Waals surface area contributed by atoms with Crippen LogP contribution in [0.3, 0.4) is 0 Å². The number of aromatic nitrogens is 3. The molecule has 2 heterocycles. The molecule has 0 radical (unpaired) electrons. The Bertz CT molecular complexity index is 354. The number of alkyl halides is 1. The molecule has 0 aliphatic carbocycles. The molecule has 102 valence electrons. The highest BCUT2D eigenvalue weighted by Gasteiger charge is 2.16. The van der Waals surface area contributed by atoms with Crippen molar-refractivity contribution in [2.24, 2.45) is 0 Å². The van der Waals surface area contributed by atoms with Crippen LogP contribution in [0.2, 0.25) is 0 Å². The van der Waals surface area contributed by atoms with Crippen molar-refractivity contribution in [3.05, 3.63) is 12.2 Å². The van der Waals surface area contributed by atoms with Gasteiger partial charge in [-0.3, -0.25) is 4.90 Å². The maximum atomic E-state index is 5.80. The normalized spacial score (nSPS) is 19.0. The van der Waals surface area contributed by atoms with Crippen molar-refractivity contribution in [3.63, 3.8) is 0 Å². The molecule has 0 amide bonds. The Morgan fingerprint density at radius 2 is 2.00 bits per heavy atom. The summed E-state index contributed by atoms with van der Waals surface area (Å²) in [5.41, 5.74) is 0. The fraction of sp³-hybridized carbons (Fsp3) is 0.833. The van der Waals surface area contributed by atoms with Crippen molar-refractivity contribution in [1.82, 2.24) is 24.6 Å². The van der Waals surface area contributed by atoms with Crippen LogP contribution in [0.25, 0.3) is 0 Å². The van der Waals surface area contributed by atoms with E-state index in [1.807, 2.05) is 4.68 Å². The number of halogens is 1. The molecule has 1 saturated heterocycles. The van der Waals surface area contributed by atoms with Gasteiger partial charge in [0.15, 0.2) is 0 Å². The highest BCUT2D eigenvalue weighted by atomic mass is 35.5. The van der Waals surface area contributed by atoms with Crippen LogP contribution >= 0.6 is 11.6 Å². The molecule has 1 aromatic heterocycles. The van der Waals surface area contributed by atoms with Gasteiger partial charge in [0.1, 0.15) is 12.2 Å². The highest BCUT2D eigenvalue weighted by Crippen LogP contribution is 2.07. The summed E-state index contributed by atoms with van der Waals surface area (Å²) in [6.07, 6.45) is 2.85. The van der Waals surface area contributed by atoms with E-state index in [1.54, 1.807) is 6.33 Å². The van der Waals surface area contributed by atoms with Crippen molar-refractivity contribution >= 4 is 11.6 Å². The van der Waals surface area contributed by atoms with Gasteiger partial charge >= 0.3 is 0 Å². The first-order valence-electron chi connectivity index (χ1n) is 6.71. The quantitative estimate of drug-likeness (QED) is 0.750. The summed E-state index contributed by atoms with van der Waals surface area (Å²) in [6.45, 7) is 9.38. The molecule has 1 aliphatic heterocycles. The first kappa shape index (κ1) is 13.8. The van der Waals surface area contributed by atoms with Gasteiger partial charge < -0.3 is 4.90 Å². The Morgan fingerprint density at radius 1 is 1.22 bits per heavy atom. The lowest BCUT2D eigenvalue weighted by molar-refractivity contribution is 0.250. The fourth-order valence-corrected chi connectivity index (χ4v) is 2.64. The van der Waals surface area contributed by atoms with Gasteiger partial charge in [-0.05, 0) is 26.4 Å². The van der Waals surface area contributed by atoms with Crippen molar-refractivity contribution in [1.29, 1.82) is 0 Å². The molecule has 0 bridgehead atoms. The van der Waals surface area contributed by atoms with Crippen LogP contribution < -0.4 is 0 Å². The molecular weight excluding hydrogens is 250 g/mol. The predicted molar refractivity (Wildman–Crippen MR) is 72.8 cm³/mol. The van der Waals surface area contributed by atoms with E-state index in [0.29, 0.717) is 0 Å². The zero-order valence-electron chi connectivity index (χ0n) is 11.1. The van der Waals surface area contributed by atoms with Crippen molar-refractivity contribution in [2.75, 3.05) is 38.6 Å². The second kappa shape index (κ2) is 7.07. The lowest BCUT2D eigenvalue weighted by atomic mass is 10.3. The first-order chi connectivity index (χ1) is 8.83. The number of rotatable bonds is 5. The van der Waals surface area contributed by atoms with E-state index < -0.39 is 0 Å². The topological polar surface area (TPSA) is 37.2 Å². The SMILES string of the molecule is CCn1ncnc1CN1CCCN(CCCl)CC1. The van der Waals surface area contributed by atoms with Gasteiger partial charge in [-0.1, -0.05) is 0 Å². The minimum Gasteiger partial charge on any atom is -0.301 e. The molecule has 1 aliphatic rings.